The van der Waals surface area contributed by atoms with Crippen molar-refractivity contribution in [2.24, 2.45) is 5.92 Å². The number of aryl methyl sites for hydroxylation is 1. The van der Waals surface area contributed by atoms with Crippen molar-refractivity contribution < 1.29 is 4.79 Å². The summed E-state index contributed by atoms with van der Waals surface area (Å²) in [4.78, 5) is 14.8. The molecule has 108 valence electrons. The molecule has 1 aliphatic carbocycles. The van der Waals surface area contributed by atoms with Crippen LogP contribution in [0.1, 0.15) is 36.3 Å². The van der Waals surface area contributed by atoms with Gasteiger partial charge in [-0.15, -0.1) is 0 Å². The van der Waals surface area contributed by atoms with Crippen molar-refractivity contribution >= 4 is 5.91 Å². The summed E-state index contributed by atoms with van der Waals surface area (Å²) in [5.41, 5.74) is 2.69. The second-order valence-electron chi connectivity index (χ2n) is 6.19. The Bertz CT molecular complexity index is 500. The summed E-state index contributed by atoms with van der Waals surface area (Å²) in [7, 11) is 1.97. The van der Waals surface area contributed by atoms with Gasteiger partial charge < -0.3 is 10.2 Å². The normalized spacial score (nSPS) is 28.7. The molecule has 1 amide bonds. The molecule has 0 aromatic heterocycles. The van der Waals surface area contributed by atoms with Gasteiger partial charge in [-0.05, 0) is 50.3 Å². The molecule has 0 bridgehead atoms. The van der Waals surface area contributed by atoms with E-state index < -0.39 is 0 Å². The van der Waals surface area contributed by atoms with Gasteiger partial charge >= 0.3 is 0 Å². The summed E-state index contributed by atoms with van der Waals surface area (Å²) >= 11 is 0. The van der Waals surface area contributed by atoms with Crippen LogP contribution in [0.5, 0.6) is 0 Å². The Morgan fingerprint density at radius 3 is 2.95 bits per heavy atom. The Kier molecular flexibility index (Phi) is 3.79. The molecule has 3 atom stereocenters. The third-order valence-corrected chi connectivity index (χ3v) is 4.80. The maximum atomic E-state index is 12.7. The average molecular weight is 272 g/mol. The quantitative estimate of drug-likeness (QED) is 0.912. The molecular formula is C17H24N2O. The van der Waals surface area contributed by atoms with Crippen molar-refractivity contribution in [3.8, 4) is 0 Å². The zero-order valence-corrected chi connectivity index (χ0v) is 12.4. The Hall–Kier alpha value is -1.35. The van der Waals surface area contributed by atoms with Gasteiger partial charge in [0.2, 0.25) is 5.91 Å². The monoisotopic (exact) mass is 272 g/mol. The Morgan fingerprint density at radius 1 is 1.40 bits per heavy atom. The second-order valence-corrected chi connectivity index (χ2v) is 6.19. The predicted molar refractivity (Wildman–Crippen MR) is 80.7 cm³/mol. The molecule has 3 heteroatoms. The van der Waals surface area contributed by atoms with E-state index in [9.17, 15) is 4.79 Å². The van der Waals surface area contributed by atoms with Crippen LogP contribution < -0.4 is 5.32 Å². The van der Waals surface area contributed by atoms with E-state index in [4.69, 9.17) is 0 Å². The van der Waals surface area contributed by atoms with E-state index in [-0.39, 0.29) is 5.92 Å². The van der Waals surface area contributed by atoms with Crippen LogP contribution >= 0.6 is 0 Å². The van der Waals surface area contributed by atoms with E-state index in [0.717, 1.165) is 32.4 Å². The number of rotatable bonds is 4. The summed E-state index contributed by atoms with van der Waals surface area (Å²) in [6.45, 7) is 4.02. The van der Waals surface area contributed by atoms with Gasteiger partial charge in [-0.2, -0.15) is 0 Å². The van der Waals surface area contributed by atoms with Gasteiger partial charge in [0.15, 0.2) is 0 Å². The van der Waals surface area contributed by atoms with Crippen LogP contribution in [0.2, 0.25) is 0 Å². The Balaban J connectivity index is 1.67. The smallest absolute Gasteiger partial charge is 0.226 e. The number of amides is 1. The second kappa shape index (κ2) is 5.57. The molecule has 3 rings (SSSR count). The molecule has 1 N–H and O–H groups in total. The molecule has 0 radical (unpaired) electrons. The predicted octanol–water partition coefficient (Wildman–Crippen LogP) is 2.31. The maximum Gasteiger partial charge on any atom is 0.226 e. The first-order valence-corrected chi connectivity index (χ1v) is 7.73. The fraction of sp³-hybridized carbons (Fsp3) is 0.588. The van der Waals surface area contributed by atoms with E-state index in [1.807, 2.05) is 7.05 Å². The number of hydrogen-bond donors (Lipinski definition) is 1. The molecule has 1 saturated heterocycles. The van der Waals surface area contributed by atoms with Gasteiger partial charge in [0.05, 0.1) is 0 Å². The molecule has 0 unspecified atom stereocenters. The van der Waals surface area contributed by atoms with Crippen LogP contribution in [0.3, 0.4) is 0 Å². The highest BCUT2D eigenvalue weighted by Crippen LogP contribution is 2.50. The number of carbonyl (C=O) groups is 1. The van der Waals surface area contributed by atoms with Crippen LogP contribution in [-0.4, -0.2) is 37.0 Å². The Labute approximate surface area is 121 Å². The first-order valence-electron chi connectivity index (χ1n) is 7.73. The summed E-state index contributed by atoms with van der Waals surface area (Å²) in [6, 6.07) is 8.89. The fourth-order valence-corrected chi connectivity index (χ4v) is 3.60. The molecule has 1 saturated carbocycles. The van der Waals surface area contributed by atoms with Crippen molar-refractivity contribution in [3.05, 3.63) is 35.4 Å². The van der Waals surface area contributed by atoms with E-state index >= 15 is 0 Å². The average Bonchev–Trinajstić information content (AvgIpc) is 3.10. The number of carbonyl (C=O) groups excluding carboxylic acids is 1. The Morgan fingerprint density at radius 2 is 2.20 bits per heavy atom. The molecule has 1 aromatic carbocycles. The number of likely N-dealkylation sites (N-methyl/N-ethyl adjacent to an activating group) is 1. The van der Waals surface area contributed by atoms with Crippen LogP contribution in [0.15, 0.2) is 24.3 Å². The van der Waals surface area contributed by atoms with Gasteiger partial charge in [0.25, 0.3) is 0 Å². The fourth-order valence-electron chi connectivity index (χ4n) is 3.60. The summed E-state index contributed by atoms with van der Waals surface area (Å²) in [6.07, 6.45) is 3.33. The topological polar surface area (TPSA) is 32.3 Å². The zero-order chi connectivity index (χ0) is 14.1. The lowest BCUT2D eigenvalue weighted by atomic mass is 10.0. The van der Waals surface area contributed by atoms with Crippen LogP contribution in [0.4, 0.5) is 0 Å². The van der Waals surface area contributed by atoms with Gasteiger partial charge in [0, 0.05) is 25.0 Å². The maximum absolute atomic E-state index is 12.7. The first kappa shape index (κ1) is 13.6. The standard InChI is InChI=1S/C17H24N2O/c1-12-6-3-4-8-14(12)15-10-16(15)17(20)19-9-5-7-13(19)11-18-2/h3-4,6,8,13,15-16,18H,5,7,9-11H2,1-2H3/t13-,15+,16-/m0/s1. The lowest BCUT2D eigenvalue weighted by Crippen LogP contribution is -2.41. The highest BCUT2D eigenvalue weighted by Gasteiger charge is 2.47. The van der Waals surface area contributed by atoms with Gasteiger partial charge in [0.1, 0.15) is 0 Å². The highest BCUT2D eigenvalue weighted by molar-refractivity contribution is 5.83. The van der Waals surface area contributed by atoms with Gasteiger partial charge in [-0.1, -0.05) is 24.3 Å². The molecule has 2 fully saturated rings. The first-order chi connectivity index (χ1) is 9.72. The third-order valence-electron chi connectivity index (χ3n) is 4.80. The van der Waals surface area contributed by atoms with E-state index in [1.54, 1.807) is 0 Å². The lowest BCUT2D eigenvalue weighted by molar-refractivity contribution is -0.133. The minimum atomic E-state index is 0.230. The highest BCUT2D eigenvalue weighted by atomic mass is 16.2. The molecule has 1 aromatic rings. The SMILES string of the molecule is CNC[C@@H]1CCCN1C(=O)[C@H]1C[C@@H]1c1ccccc1C. The number of benzene rings is 1. The third kappa shape index (κ3) is 2.47. The number of nitrogens with zero attached hydrogens (tertiary/aromatic N) is 1. The zero-order valence-electron chi connectivity index (χ0n) is 12.4. The van der Waals surface area contributed by atoms with Crippen molar-refractivity contribution in [3.63, 3.8) is 0 Å². The lowest BCUT2D eigenvalue weighted by Gasteiger charge is -2.24. The summed E-state index contributed by atoms with van der Waals surface area (Å²) in [5, 5.41) is 3.21. The van der Waals surface area contributed by atoms with Crippen molar-refractivity contribution in [2.45, 2.75) is 38.1 Å². The molecule has 1 aliphatic heterocycles. The van der Waals surface area contributed by atoms with E-state index in [1.165, 1.54) is 11.1 Å². The summed E-state index contributed by atoms with van der Waals surface area (Å²) < 4.78 is 0. The van der Waals surface area contributed by atoms with Crippen molar-refractivity contribution in [1.29, 1.82) is 0 Å². The molecule has 3 nitrogen and oxygen atoms in total. The minimum Gasteiger partial charge on any atom is -0.338 e. The van der Waals surface area contributed by atoms with Crippen LogP contribution in [0, 0.1) is 12.8 Å². The molecule has 0 spiro atoms. The summed E-state index contributed by atoms with van der Waals surface area (Å²) in [5.74, 6) is 1.07. The van der Waals surface area contributed by atoms with Crippen molar-refractivity contribution in [2.75, 3.05) is 20.1 Å². The molecule has 2 aliphatic rings. The minimum absolute atomic E-state index is 0.230. The largest absolute Gasteiger partial charge is 0.338 e. The van der Waals surface area contributed by atoms with Crippen molar-refractivity contribution in [1.82, 2.24) is 10.2 Å². The number of likely N-dealkylation sites (tertiary alicyclic amines) is 1. The van der Waals surface area contributed by atoms with E-state index in [0.29, 0.717) is 17.9 Å². The van der Waals surface area contributed by atoms with Gasteiger partial charge in [-0.3, -0.25) is 4.79 Å². The number of hydrogen-bond acceptors (Lipinski definition) is 2. The molecule has 1 heterocycles. The molecular weight excluding hydrogens is 248 g/mol. The van der Waals surface area contributed by atoms with Crippen LogP contribution in [-0.2, 0) is 4.79 Å². The van der Waals surface area contributed by atoms with Crippen LogP contribution in [0.25, 0.3) is 0 Å². The molecule has 20 heavy (non-hydrogen) atoms. The van der Waals surface area contributed by atoms with E-state index in [2.05, 4.69) is 41.4 Å². The van der Waals surface area contributed by atoms with Gasteiger partial charge in [-0.25, -0.2) is 0 Å². The number of nitrogens with one attached hydrogen (secondary N) is 1.